The van der Waals surface area contributed by atoms with Gasteiger partial charge in [-0.05, 0) is 25.0 Å². The summed E-state index contributed by atoms with van der Waals surface area (Å²) in [5, 5.41) is 1.95. The Balaban J connectivity index is 0.00000261. The van der Waals surface area contributed by atoms with Crippen molar-refractivity contribution in [2.45, 2.75) is 18.9 Å². The number of likely N-dealkylation sites (N-methyl/N-ethyl adjacent to an activating group) is 1. The molecule has 8 heteroatoms. The predicted octanol–water partition coefficient (Wildman–Crippen LogP) is 1.83. The normalized spacial score (nSPS) is 14.7. The highest BCUT2D eigenvalue weighted by molar-refractivity contribution is 6.01. The number of hydrogen-bond donors (Lipinski definition) is 1. The van der Waals surface area contributed by atoms with E-state index in [4.69, 9.17) is 10.5 Å². The Morgan fingerprint density at radius 1 is 1.26 bits per heavy atom. The molecule has 2 aromatic rings. The molecule has 1 aliphatic heterocycles. The smallest absolute Gasteiger partial charge is 0.248 e. The third-order valence-corrected chi connectivity index (χ3v) is 4.75. The molecule has 1 aromatic heterocycles. The van der Waals surface area contributed by atoms with Crippen molar-refractivity contribution >= 4 is 40.7 Å². The maximum Gasteiger partial charge on any atom is 0.248 e. The minimum Gasteiger partial charge on any atom is -0.370 e. The molecular formula is C19H25ClN4O3. The van der Waals surface area contributed by atoms with Crippen molar-refractivity contribution < 1.29 is 14.3 Å². The zero-order valence-electron chi connectivity index (χ0n) is 15.6. The second kappa shape index (κ2) is 9.01. The van der Waals surface area contributed by atoms with Gasteiger partial charge < -0.3 is 20.3 Å². The Kier molecular flexibility index (Phi) is 6.98. The minimum atomic E-state index is -0.438. The number of nitrogens with two attached hydrogens (primary N) is 1. The molecule has 1 fully saturated rings. The first-order valence-corrected chi connectivity index (χ1v) is 8.70. The fraction of sp³-hybridized carbons (Fsp3) is 0.421. The van der Waals surface area contributed by atoms with E-state index >= 15 is 0 Å². The monoisotopic (exact) mass is 392 g/mol. The number of amides is 2. The molecule has 1 aliphatic rings. The van der Waals surface area contributed by atoms with E-state index in [0.717, 1.165) is 42.4 Å². The van der Waals surface area contributed by atoms with Gasteiger partial charge >= 0.3 is 0 Å². The van der Waals surface area contributed by atoms with Crippen LogP contribution in [0.3, 0.4) is 0 Å². The average Bonchev–Trinajstić information content (AvgIpc) is 2.65. The van der Waals surface area contributed by atoms with E-state index in [0.29, 0.717) is 5.56 Å². The number of hydrogen-bond acceptors (Lipinski definition) is 5. The SMILES string of the molecule is CN(C)C(=O)COC1CCN(c2cncc3ccc(C(N)=O)cc23)CC1.Cl. The number of halogens is 1. The van der Waals surface area contributed by atoms with Gasteiger partial charge in [-0.15, -0.1) is 12.4 Å². The van der Waals surface area contributed by atoms with Crippen molar-refractivity contribution in [1.82, 2.24) is 9.88 Å². The molecule has 2 N–H and O–H groups in total. The van der Waals surface area contributed by atoms with E-state index in [9.17, 15) is 9.59 Å². The van der Waals surface area contributed by atoms with Crippen LogP contribution in [0.2, 0.25) is 0 Å². The van der Waals surface area contributed by atoms with Gasteiger partial charge in [0.15, 0.2) is 0 Å². The quantitative estimate of drug-likeness (QED) is 0.838. The summed E-state index contributed by atoms with van der Waals surface area (Å²) in [7, 11) is 3.45. The molecule has 1 saturated heterocycles. The van der Waals surface area contributed by atoms with Gasteiger partial charge in [0.25, 0.3) is 0 Å². The summed E-state index contributed by atoms with van der Waals surface area (Å²) in [4.78, 5) is 31.2. The number of primary amides is 1. The second-order valence-corrected chi connectivity index (χ2v) is 6.74. The molecule has 2 heterocycles. The molecular weight excluding hydrogens is 368 g/mol. The van der Waals surface area contributed by atoms with Crippen LogP contribution in [0.15, 0.2) is 30.6 Å². The molecule has 3 rings (SSSR count). The molecule has 0 atom stereocenters. The molecule has 1 aromatic carbocycles. The van der Waals surface area contributed by atoms with Gasteiger partial charge in [-0.3, -0.25) is 14.6 Å². The lowest BCUT2D eigenvalue weighted by Gasteiger charge is -2.34. The van der Waals surface area contributed by atoms with Crippen LogP contribution < -0.4 is 10.6 Å². The summed E-state index contributed by atoms with van der Waals surface area (Å²) in [6.07, 6.45) is 5.37. The van der Waals surface area contributed by atoms with Gasteiger partial charge in [0.1, 0.15) is 6.61 Å². The van der Waals surface area contributed by atoms with Gasteiger partial charge in [-0.2, -0.15) is 0 Å². The highest BCUT2D eigenvalue weighted by Gasteiger charge is 2.22. The van der Waals surface area contributed by atoms with Crippen molar-refractivity contribution in [2.24, 2.45) is 5.73 Å². The third kappa shape index (κ3) is 4.87. The molecule has 7 nitrogen and oxygen atoms in total. The van der Waals surface area contributed by atoms with Crippen molar-refractivity contribution in [2.75, 3.05) is 38.7 Å². The predicted molar refractivity (Wildman–Crippen MR) is 107 cm³/mol. The molecule has 0 unspecified atom stereocenters. The van der Waals surface area contributed by atoms with Crippen LogP contribution in [0.25, 0.3) is 10.8 Å². The maximum absolute atomic E-state index is 11.6. The number of anilines is 1. The largest absolute Gasteiger partial charge is 0.370 e. The van der Waals surface area contributed by atoms with E-state index in [1.807, 2.05) is 18.3 Å². The van der Waals surface area contributed by atoms with Crippen molar-refractivity contribution in [3.63, 3.8) is 0 Å². The fourth-order valence-corrected chi connectivity index (χ4v) is 3.14. The van der Waals surface area contributed by atoms with Crippen LogP contribution in [-0.2, 0) is 9.53 Å². The Morgan fingerprint density at radius 2 is 1.96 bits per heavy atom. The van der Waals surface area contributed by atoms with Crippen molar-refractivity contribution in [3.8, 4) is 0 Å². The highest BCUT2D eigenvalue weighted by atomic mass is 35.5. The second-order valence-electron chi connectivity index (χ2n) is 6.74. The summed E-state index contributed by atoms with van der Waals surface area (Å²) >= 11 is 0. The first-order valence-electron chi connectivity index (χ1n) is 8.70. The van der Waals surface area contributed by atoms with Crippen LogP contribution in [0.4, 0.5) is 5.69 Å². The number of rotatable bonds is 5. The first kappa shape index (κ1) is 20.9. The zero-order chi connectivity index (χ0) is 18.7. The number of fused-ring (bicyclic) bond motifs is 1. The highest BCUT2D eigenvalue weighted by Crippen LogP contribution is 2.29. The van der Waals surface area contributed by atoms with Crippen molar-refractivity contribution in [1.29, 1.82) is 0 Å². The average molecular weight is 393 g/mol. The van der Waals surface area contributed by atoms with Crippen LogP contribution in [0, 0.1) is 0 Å². The van der Waals surface area contributed by atoms with Crippen LogP contribution >= 0.6 is 12.4 Å². The van der Waals surface area contributed by atoms with Crippen LogP contribution in [-0.4, -0.2) is 61.6 Å². The lowest BCUT2D eigenvalue weighted by molar-refractivity contribution is -0.136. The number of aromatic nitrogens is 1. The standard InChI is InChI=1S/C19H24N4O3.ClH/c1-22(2)18(24)12-26-15-5-7-23(8-6-15)17-11-21-10-14-4-3-13(19(20)25)9-16(14)17;/h3-4,9-11,15H,5-8,12H2,1-2H3,(H2,20,25);1H. The molecule has 0 spiro atoms. The summed E-state index contributed by atoms with van der Waals surface area (Å²) in [6.45, 7) is 1.74. The van der Waals surface area contributed by atoms with Gasteiger partial charge in [-0.1, -0.05) is 6.07 Å². The van der Waals surface area contributed by atoms with E-state index in [1.165, 1.54) is 4.90 Å². The molecule has 2 amide bonds. The van der Waals surface area contributed by atoms with Crippen LogP contribution in [0.5, 0.6) is 0 Å². The number of nitrogens with zero attached hydrogens (tertiary/aromatic N) is 3. The molecule has 27 heavy (non-hydrogen) atoms. The number of carbonyl (C=O) groups excluding carboxylic acids is 2. The minimum absolute atomic E-state index is 0. The summed E-state index contributed by atoms with van der Waals surface area (Å²) < 4.78 is 5.73. The van der Waals surface area contributed by atoms with E-state index in [1.54, 1.807) is 26.4 Å². The lowest BCUT2D eigenvalue weighted by atomic mass is 10.0. The topological polar surface area (TPSA) is 88.8 Å². The molecule has 0 bridgehead atoms. The van der Waals surface area contributed by atoms with Gasteiger partial charge in [-0.25, -0.2) is 0 Å². The Morgan fingerprint density at radius 3 is 2.59 bits per heavy atom. The summed E-state index contributed by atoms with van der Waals surface area (Å²) in [5.41, 5.74) is 6.90. The third-order valence-electron chi connectivity index (χ3n) is 4.75. The van der Waals surface area contributed by atoms with Gasteiger partial charge in [0, 0.05) is 49.7 Å². The Bertz CT molecular complexity index is 820. The summed E-state index contributed by atoms with van der Waals surface area (Å²) in [6, 6.07) is 5.42. The van der Waals surface area contributed by atoms with E-state index < -0.39 is 5.91 Å². The lowest BCUT2D eigenvalue weighted by Crippen LogP contribution is -2.38. The Hall–Kier alpha value is -2.38. The van der Waals surface area contributed by atoms with Gasteiger partial charge in [0.2, 0.25) is 11.8 Å². The van der Waals surface area contributed by atoms with Gasteiger partial charge in [0.05, 0.1) is 18.0 Å². The molecule has 0 radical (unpaired) electrons. The number of carbonyl (C=O) groups is 2. The van der Waals surface area contributed by atoms with Crippen molar-refractivity contribution in [3.05, 3.63) is 36.2 Å². The maximum atomic E-state index is 11.6. The molecule has 146 valence electrons. The van der Waals surface area contributed by atoms with E-state index in [2.05, 4.69) is 9.88 Å². The number of ether oxygens (including phenoxy) is 1. The summed E-state index contributed by atoms with van der Waals surface area (Å²) in [5.74, 6) is -0.461. The molecule has 0 aliphatic carbocycles. The number of pyridine rings is 1. The molecule has 0 saturated carbocycles. The fourth-order valence-electron chi connectivity index (χ4n) is 3.14. The number of benzene rings is 1. The zero-order valence-corrected chi connectivity index (χ0v) is 16.4. The Labute approximate surface area is 164 Å². The number of piperidine rings is 1. The van der Waals surface area contributed by atoms with E-state index in [-0.39, 0.29) is 31.0 Å². The van der Waals surface area contributed by atoms with Crippen LogP contribution in [0.1, 0.15) is 23.2 Å². The first-order chi connectivity index (χ1) is 12.5.